The molecular weight excluding hydrogens is 249 g/mol. The molecule has 1 fully saturated rings. The second kappa shape index (κ2) is 5.82. The van der Waals surface area contributed by atoms with Crippen molar-refractivity contribution in [1.29, 1.82) is 0 Å². The number of hydrogen-bond donors (Lipinski definition) is 1. The lowest BCUT2D eigenvalue weighted by Crippen LogP contribution is -2.36. The van der Waals surface area contributed by atoms with Gasteiger partial charge in [0.25, 0.3) is 0 Å². The summed E-state index contributed by atoms with van der Waals surface area (Å²) in [5, 5.41) is 8.68. The zero-order chi connectivity index (χ0) is 13.8. The molecule has 0 radical (unpaired) electrons. The van der Waals surface area contributed by atoms with E-state index in [9.17, 15) is 14.0 Å². The fourth-order valence-corrected chi connectivity index (χ4v) is 2.04. The molecule has 0 spiro atoms. The van der Waals surface area contributed by atoms with E-state index in [2.05, 4.69) is 0 Å². The molecule has 1 aromatic rings. The minimum absolute atomic E-state index is 0.0502. The van der Waals surface area contributed by atoms with E-state index < -0.39 is 5.97 Å². The van der Waals surface area contributed by atoms with E-state index in [1.165, 1.54) is 12.1 Å². The SMILES string of the molecule is O=C(O)CCN(C(=O)Cc1cccc(F)c1)C1CC1. The number of carboxylic acids is 1. The molecule has 0 aliphatic heterocycles. The maximum absolute atomic E-state index is 13.0. The Balaban J connectivity index is 1.97. The fourth-order valence-electron chi connectivity index (χ4n) is 2.04. The monoisotopic (exact) mass is 265 g/mol. The van der Waals surface area contributed by atoms with Crippen LogP contribution in [-0.2, 0) is 16.0 Å². The fraction of sp³-hybridized carbons (Fsp3) is 0.429. The summed E-state index contributed by atoms with van der Waals surface area (Å²) < 4.78 is 13.0. The predicted octanol–water partition coefficient (Wildman–Crippen LogP) is 1.83. The molecule has 1 N–H and O–H groups in total. The number of benzene rings is 1. The standard InChI is InChI=1S/C14H16FNO3/c15-11-3-1-2-10(8-11)9-13(17)16(12-4-5-12)7-6-14(18)19/h1-3,8,12H,4-7,9H2,(H,18,19). The molecule has 19 heavy (non-hydrogen) atoms. The van der Waals surface area contributed by atoms with Gasteiger partial charge in [-0.05, 0) is 30.5 Å². The van der Waals surface area contributed by atoms with Gasteiger partial charge in [-0.2, -0.15) is 0 Å². The lowest BCUT2D eigenvalue weighted by atomic mass is 10.1. The number of halogens is 1. The second-order valence-electron chi connectivity index (χ2n) is 4.77. The Kier molecular flexibility index (Phi) is 4.14. The van der Waals surface area contributed by atoms with Crippen LogP contribution in [0.3, 0.4) is 0 Å². The van der Waals surface area contributed by atoms with Crippen molar-refractivity contribution in [2.45, 2.75) is 31.7 Å². The number of aliphatic carboxylic acids is 1. The molecular formula is C14H16FNO3. The minimum Gasteiger partial charge on any atom is -0.481 e. The summed E-state index contributed by atoms with van der Waals surface area (Å²) in [5.41, 5.74) is 0.617. The number of amides is 1. The van der Waals surface area contributed by atoms with Gasteiger partial charge in [-0.1, -0.05) is 12.1 Å². The van der Waals surface area contributed by atoms with Crippen LogP contribution in [0.15, 0.2) is 24.3 Å². The van der Waals surface area contributed by atoms with Gasteiger partial charge in [0, 0.05) is 12.6 Å². The Bertz CT molecular complexity index is 485. The van der Waals surface area contributed by atoms with Gasteiger partial charge in [-0.3, -0.25) is 9.59 Å². The smallest absolute Gasteiger partial charge is 0.305 e. The van der Waals surface area contributed by atoms with Crippen LogP contribution in [0.1, 0.15) is 24.8 Å². The van der Waals surface area contributed by atoms with Gasteiger partial charge in [-0.15, -0.1) is 0 Å². The Morgan fingerprint density at radius 2 is 2.11 bits per heavy atom. The molecule has 0 unspecified atom stereocenters. The van der Waals surface area contributed by atoms with E-state index >= 15 is 0 Å². The number of nitrogens with zero attached hydrogens (tertiary/aromatic N) is 1. The lowest BCUT2D eigenvalue weighted by Gasteiger charge is -2.21. The van der Waals surface area contributed by atoms with Crippen LogP contribution < -0.4 is 0 Å². The van der Waals surface area contributed by atoms with Crippen molar-refractivity contribution >= 4 is 11.9 Å². The van der Waals surface area contributed by atoms with Gasteiger partial charge in [0.15, 0.2) is 0 Å². The Morgan fingerprint density at radius 3 is 2.68 bits per heavy atom. The molecule has 1 amide bonds. The van der Waals surface area contributed by atoms with Crippen molar-refractivity contribution in [2.24, 2.45) is 0 Å². The third-order valence-corrected chi connectivity index (χ3v) is 3.12. The third kappa shape index (κ3) is 4.05. The summed E-state index contributed by atoms with van der Waals surface area (Å²) in [6.45, 7) is 0.230. The van der Waals surface area contributed by atoms with Crippen LogP contribution in [-0.4, -0.2) is 34.5 Å². The van der Waals surface area contributed by atoms with Crippen LogP contribution in [0, 0.1) is 5.82 Å². The molecule has 0 bridgehead atoms. The summed E-state index contributed by atoms with van der Waals surface area (Å²) in [5.74, 6) is -1.41. The van der Waals surface area contributed by atoms with Gasteiger partial charge in [0.05, 0.1) is 12.8 Å². The van der Waals surface area contributed by atoms with Gasteiger partial charge >= 0.3 is 5.97 Å². The van der Waals surface area contributed by atoms with E-state index in [0.717, 1.165) is 12.8 Å². The third-order valence-electron chi connectivity index (χ3n) is 3.12. The molecule has 5 heteroatoms. The molecule has 0 aromatic heterocycles. The Labute approximate surface area is 110 Å². The maximum atomic E-state index is 13.0. The van der Waals surface area contributed by atoms with E-state index in [1.807, 2.05) is 0 Å². The Hall–Kier alpha value is -1.91. The highest BCUT2D eigenvalue weighted by atomic mass is 19.1. The largest absolute Gasteiger partial charge is 0.481 e. The summed E-state index contributed by atoms with van der Waals surface area (Å²) >= 11 is 0. The zero-order valence-corrected chi connectivity index (χ0v) is 10.5. The van der Waals surface area contributed by atoms with Gasteiger partial charge in [0.2, 0.25) is 5.91 Å². The first kappa shape index (κ1) is 13.5. The molecule has 1 aliphatic rings. The first-order chi connectivity index (χ1) is 9.06. The summed E-state index contributed by atoms with van der Waals surface area (Å²) in [7, 11) is 0. The highest BCUT2D eigenvalue weighted by Gasteiger charge is 2.32. The van der Waals surface area contributed by atoms with Gasteiger partial charge in [-0.25, -0.2) is 4.39 Å². The molecule has 0 atom stereocenters. The molecule has 1 aromatic carbocycles. The molecule has 4 nitrogen and oxygen atoms in total. The van der Waals surface area contributed by atoms with Crippen LogP contribution in [0.4, 0.5) is 4.39 Å². The molecule has 1 aliphatic carbocycles. The highest BCUT2D eigenvalue weighted by molar-refractivity contribution is 5.80. The van der Waals surface area contributed by atoms with Gasteiger partial charge < -0.3 is 10.0 Å². The number of carbonyl (C=O) groups is 2. The number of rotatable bonds is 6. The normalized spacial score (nSPS) is 14.2. The molecule has 102 valence electrons. The molecule has 2 rings (SSSR count). The quantitative estimate of drug-likeness (QED) is 0.853. The highest BCUT2D eigenvalue weighted by Crippen LogP contribution is 2.27. The lowest BCUT2D eigenvalue weighted by molar-refractivity contribution is -0.138. The maximum Gasteiger partial charge on any atom is 0.305 e. The predicted molar refractivity (Wildman–Crippen MR) is 67.1 cm³/mol. The minimum atomic E-state index is -0.913. The first-order valence-corrected chi connectivity index (χ1v) is 6.32. The van der Waals surface area contributed by atoms with E-state index in [0.29, 0.717) is 5.56 Å². The van der Waals surface area contributed by atoms with Crippen molar-refractivity contribution < 1.29 is 19.1 Å². The summed E-state index contributed by atoms with van der Waals surface area (Å²) in [6, 6.07) is 6.09. The average Bonchev–Trinajstić information content (AvgIpc) is 3.13. The summed E-state index contributed by atoms with van der Waals surface area (Å²) in [6.07, 6.45) is 1.92. The van der Waals surface area contributed by atoms with E-state index in [1.54, 1.807) is 17.0 Å². The number of carboxylic acid groups (broad SMARTS) is 1. The molecule has 0 saturated heterocycles. The second-order valence-corrected chi connectivity index (χ2v) is 4.77. The number of hydrogen-bond acceptors (Lipinski definition) is 2. The molecule has 0 heterocycles. The summed E-state index contributed by atoms with van der Waals surface area (Å²) in [4.78, 5) is 24.3. The van der Waals surface area contributed by atoms with Crippen LogP contribution >= 0.6 is 0 Å². The van der Waals surface area contributed by atoms with E-state index in [4.69, 9.17) is 5.11 Å². The van der Waals surface area contributed by atoms with Crippen molar-refractivity contribution in [3.63, 3.8) is 0 Å². The van der Waals surface area contributed by atoms with Crippen molar-refractivity contribution in [2.75, 3.05) is 6.54 Å². The van der Waals surface area contributed by atoms with Crippen LogP contribution in [0.5, 0.6) is 0 Å². The van der Waals surface area contributed by atoms with Gasteiger partial charge in [0.1, 0.15) is 5.82 Å². The van der Waals surface area contributed by atoms with Crippen molar-refractivity contribution in [3.05, 3.63) is 35.6 Å². The molecule has 1 saturated carbocycles. The van der Waals surface area contributed by atoms with E-state index in [-0.39, 0.29) is 37.2 Å². The van der Waals surface area contributed by atoms with Crippen molar-refractivity contribution in [3.8, 4) is 0 Å². The Morgan fingerprint density at radius 1 is 1.37 bits per heavy atom. The average molecular weight is 265 g/mol. The van der Waals surface area contributed by atoms with Crippen molar-refractivity contribution in [1.82, 2.24) is 4.90 Å². The zero-order valence-electron chi connectivity index (χ0n) is 10.5. The number of carbonyl (C=O) groups excluding carboxylic acids is 1. The first-order valence-electron chi connectivity index (χ1n) is 6.32. The van der Waals surface area contributed by atoms with Crippen LogP contribution in [0.2, 0.25) is 0 Å². The topological polar surface area (TPSA) is 57.6 Å². The van der Waals surface area contributed by atoms with Crippen LogP contribution in [0.25, 0.3) is 0 Å².